The van der Waals surface area contributed by atoms with Crippen molar-refractivity contribution in [3.05, 3.63) is 0 Å². The molecule has 0 aliphatic rings. The van der Waals surface area contributed by atoms with Crippen LogP contribution in [-0.4, -0.2) is 42.5 Å². The highest BCUT2D eigenvalue weighted by Crippen LogP contribution is 2.08. The molecule has 16 heavy (non-hydrogen) atoms. The van der Waals surface area contributed by atoms with Gasteiger partial charge in [-0.1, -0.05) is 13.8 Å². The molecule has 5 heteroatoms. The van der Waals surface area contributed by atoms with Gasteiger partial charge >= 0.3 is 0 Å². The highest BCUT2D eigenvalue weighted by molar-refractivity contribution is 5.87. The number of hydrogen-bond acceptors (Lipinski definition) is 4. The fourth-order valence-corrected chi connectivity index (χ4v) is 1.41. The molecule has 0 aromatic carbocycles. The van der Waals surface area contributed by atoms with Crippen molar-refractivity contribution in [1.29, 1.82) is 0 Å². The van der Waals surface area contributed by atoms with Crippen molar-refractivity contribution < 1.29 is 14.7 Å². The fourth-order valence-electron chi connectivity index (χ4n) is 1.41. The van der Waals surface area contributed by atoms with Crippen LogP contribution in [0.5, 0.6) is 0 Å². The zero-order chi connectivity index (χ0) is 12.7. The second-order valence-electron chi connectivity index (χ2n) is 4.39. The molecular weight excluding hydrogens is 208 g/mol. The number of aliphatic hydroxyl groups is 1. The SMILES string of the molecule is CNC(CC(C)C)C(O)C(=O)NCC(C)=O. The van der Waals surface area contributed by atoms with E-state index in [1.807, 2.05) is 13.8 Å². The monoisotopic (exact) mass is 230 g/mol. The van der Waals surface area contributed by atoms with Crippen LogP contribution in [0.4, 0.5) is 0 Å². The van der Waals surface area contributed by atoms with Crippen molar-refractivity contribution in [2.75, 3.05) is 13.6 Å². The molecule has 2 atom stereocenters. The van der Waals surface area contributed by atoms with E-state index in [1.165, 1.54) is 6.92 Å². The summed E-state index contributed by atoms with van der Waals surface area (Å²) in [7, 11) is 1.70. The van der Waals surface area contributed by atoms with Crippen molar-refractivity contribution in [3.63, 3.8) is 0 Å². The third kappa shape index (κ3) is 5.82. The van der Waals surface area contributed by atoms with Gasteiger partial charge in [-0.15, -0.1) is 0 Å². The van der Waals surface area contributed by atoms with Gasteiger partial charge in [0.15, 0.2) is 0 Å². The van der Waals surface area contributed by atoms with Gasteiger partial charge in [-0.3, -0.25) is 9.59 Å². The molecule has 0 spiro atoms. The van der Waals surface area contributed by atoms with Crippen LogP contribution in [0.25, 0.3) is 0 Å². The van der Waals surface area contributed by atoms with E-state index in [9.17, 15) is 14.7 Å². The van der Waals surface area contributed by atoms with E-state index < -0.39 is 12.0 Å². The van der Waals surface area contributed by atoms with Crippen LogP contribution in [0.3, 0.4) is 0 Å². The normalized spacial score (nSPS) is 14.6. The quantitative estimate of drug-likeness (QED) is 0.560. The van der Waals surface area contributed by atoms with Crippen LogP contribution in [0.15, 0.2) is 0 Å². The molecule has 0 aromatic heterocycles. The summed E-state index contributed by atoms with van der Waals surface area (Å²) < 4.78 is 0. The van der Waals surface area contributed by atoms with Gasteiger partial charge in [-0.05, 0) is 26.3 Å². The lowest BCUT2D eigenvalue weighted by molar-refractivity contribution is -0.132. The highest BCUT2D eigenvalue weighted by atomic mass is 16.3. The van der Waals surface area contributed by atoms with Crippen molar-refractivity contribution in [3.8, 4) is 0 Å². The lowest BCUT2D eigenvalue weighted by Gasteiger charge is -2.23. The van der Waals surface area contributed by atoms with E-state index in [0.29, 0.717) is 12.3 Å². The molecule has 3 N–H and O–H groups in total. The lowest BCUT2D eigenvalue weighted by Crippen LogP contribution is -2.49. The van der Waals surface area contributed by atoms with Gasteiger partial charge in [0.05, 0.1) is 6.54 Å². The Kier molecular flexibility index (Phi) is 6.92. The predicted molar refractivity (Wildman–Crippen MR) is 62.0 cm³/mol. The Bertz CT molecular complexity index is 241. The molecule has 0 rings (SSSR count). The number of carbonyl (C=O) groups is 2. The number of hydrogen-bond donors (Lipinski definition) is 3. The van der Waals surface area contributed by atoms with Crippen LogP contribution < -0.4 is 10.6 Å². The Balaban J connectivity index is 4.21. The number of rotatable bonds is 7. The minimum atomic E-state index is -1.12. The van der Waals surface area contributed by atoms with Crippen molar-refractivity contribution in [1.82, 2.24) is 10.6 Å². The molecule has 94 valence electrons. The van der Waals surface area contributed by atoms with Gasteiger partial charge in [-0.25, -0.2) is 0 Å². The number of Topliss-reactive ketones (excluding diaryl/α,β-unsaturated/α-hetero) is 1. The molecule has 0 heterocycles. The first kappa shape index (κ1) is 15.1. The summed E-state index contributed by atoms with van der Waals surface area (Å²) in [6.45, 7) is 5.39. The Morgan fingerprint density at radius 2 is 1.88 bits per heavy atom. The number of aliphatic hydroxyl groups excluding tert-OH is 1. The smallest absolute Gasteiger partial charge is 0.250 e. The largest absolute Gasteiger partial charge is 0.382 e. The third-order valence-corrected chi connectivity index (χ3v) is 2.26. The maximum atomic E-state index is 11.5. The summed E-state index contributed by atoms with van der Waals surface area (Å²) in [4.78, 5) is 22.2. The zero-order valence-corrected chi connectivity index (χ0v) is 10.4. The number of ketones is 1. The molecule has 0 saturated heterocycles. The summed E-state index contributed by atoms with van der Waals surface area (Å²) in [5.74, 6) is -0.256. The first-order valence-electron chi connectivity index (χ1n) is 5.51. The predicted octanol–water partition coefficient (Wildman–Crippen LogP) is -0.313. The van der Waals surface area contributed by atoms with E-state index in [1.54, 1.807) is 7.05 Å². The highest BCUT2D eigenvalue weighted by Gasteiger charge is 2.25. The fraction of sp³-hybridized carbons (Fsp3) is 0.818. The average Bonchev–Trinajstić information content (AvgIpc) is 2.21. The van der Waals surface area contributed by atoms with Gasteiger partial charge in [0.1, 0.15) is 11.9 Å². The summed E-state index contributed by atoms with van der Waals surface area (Å²) in [6, 6.07) is -0.285. The van der Waals surface area contributed by atoms with Gasteiger partial charge in [0.2, 0.25) is 0 Å². The van der Waals surface area contributed by atoms with Crippen LogP contribution in [-0.2, 0) is 9.59 Å². The summed E-state index contributed by atoms with van der Waals surface area (Å²) >= 11 is 0. The molecule has 0 fully saturated rings. The van der Waals surface area contributed by atoms with Crippen molar-refractivity contribution in [2.24, 2.45) is 5.92 Å². The van der Waals surface area contributed by atoms with Crippen LogP contribution in [0, 0.1) is 5.92 Å². The Labute approximate surface area is 96.6 Å². The maximum absolute atomic E-state index is 11.5. The molecule has 2 unspecified atom stereocenters. The summed E-state index contributed by atoms with van der Waals surface area (Å²) in [5.41, 5.74) is 0. The zero-order valence-electron chi connectivity index (χ0n) is 10.4. The topological polar surface area (TPSA) is 78.4 Å². The van der Waals surface area contributed by atoms with Gasteiger partial charge in [-0.2, -0.15) is 0 Å². The van der Waals surface area contributed by atoms with Crippen molar-refractivity contribution >= 4 is 11.7 Å². The molecule has 0 aromatic rings. The molecule has 0 aliphatic carbocycles. The number of amides is 1. The molecule has 0 aliphatic heterocycles. The Morgan fingerprint density at radius 3 is 2.25 bits per heavy atom. The summed E-state index contributed by atoms with van der Waals surface area (Å²) in [5, 5.41) is 15.1. The summed E-state index contributed by atoms with van der Waals surface area (Å²) in [6.07, 6.45) is -0.419. The van der Waals surface area contributed by atoms with E-state index in [4.69, 9.17) is 0 Å². The molecule has 1 amide bonds. The number of nitrogens with one attached hydrogen (secondary N) is 2. The first-order valence-corrected chi connectivity index (χ1v) is 5.51. The molecule has 0 radical (unpaired) electrons. The number of carbonyl (C=O) groups excluding carboxylic acids is 2. The third-order valence-electron chi connectivity index (χ3n) is 2.26. The second kappa shape index (κ2) is 7.35. The van der Waals surface area contributed by atoms with Crippen LogP contribution in [0.1, 0.15) is 27.2 Å². The van der Waals surface area contributed by atoms with Crippen molar-refractivity contribution in [2.45, 2.75) is 39.3 Å². The molecule has 5 nitrogen and oxygen atoms in total. The molecule has 0 saturated carbocycles. The van der Waals surface area contributed by atoms with E-state index in [0.717, 1.165) is 0 Å². The lowest BCUT2D eigenvalue weighted by atomic mass is 9.99. The van der Waals surface area contributed by atoms with Crippen LogP contribution >= 0.6 is 0 Å². The average molecular weight is 230 g/mol. The minimum absolute atomic E-state index is 0.0337. The minimum Gasteiger partial charge on any atom is -0.382 e. The Hall–Kier alpha value is -0.940. The van der Waals surface area contributed by atoms with Gasteiger partial charge < -0.3 is 15.7 Å². The maximum Gasteiger partial charge on any atom is 0.250 e. The number of likely N-dealkylation sites (N-methyl/N-ethyl adjacent to an activating group) is 1. The molecular formula is C11H22N2O3. The van der Waals surface area contributed by atoms with E-state index >= 15 is 0 Å². The second-order valence-corrected chi connectivity index (χ2v) is 4.39. The van der Waals surface area contributed by atoms with Gasteiger partial charge in [0.25, 0.3) is 5.91 Å². The van der Waals surface area contributed by atoms with E-state index in [2.05, 4.69) is 10.6 Å². The Morgan fingerprint density at radius 1 is 1.31 bits per heavy atom. The standard InChI is InChI=1S/C11H22N2O3/c1-7(2)5-9(12-4)10(15)11(16)13-6-8(3)14/h7,9-10,12,15H,5-6H2,1-4H3,(H,13,16). The van der Waals surface area contributed by atoms with Gasteiger partial charge in [0, 0.05) is 6.04 Å². The molecule has 0 bridgehead atoms. The first-order chi connectivity index (χ1) is 7.38. The van der Waals surface area contributed by atoms with E-state index in [-0.39, 0.29) is 18.4 Å². The van der Waals surface area contributed by atoms with Crippen LogP contribution in [0.2, 0.25) is 0 Å².